The highest BCUT2D eigenvalue weighted by Gasteiger charge is 2.15. The molecule has 0 aliphatic carbocycles. The molecule has 0 aliphatic rings. The molecule has 2 heterocycles. The van der Waals surface area contributed by atoms with Gasteiger partial charge in [0.05, 0.1) is 19.1 Å². The number of nitrogens with zero attached hydrogens (tertiary/aromatic N) is 2. The molecular weight excluding hydrogens is 342 g/mol. The molecule has 3 rings (SSSR count). The molecule has 25 heavy (non-hydrogen) atoms. The number of carbonyl (C=O) groups is 1. The predicted octanol–water partition coefficient (Wildman–Crippen LogP) is 3.30. The molecule has 0 aliphatic heterocycles. The first-order valence-electron chi connectivity index (χ1n) is 7.49. The number of nitrogens with one attached hydrogen (secondary N) is 1. The van der Waals surface area contributed by atoms with Gasteiger partial charge in [-0.1, -0.05) is 0 Å². The van der Waals surface area contributed by atoms with Gasteiger partial charge in [0.15, 0.2) is 0 Å². The van der Waals surface area contributed by atoms with Crippen LogP contribution in [0.25, 0.3) is 10.8 Å². The predicted molar refractivity (Wildman–Crippen MR) is 94.2 cm³/mol. The molecule has 130 valence electrons. The van der Waals surface area contributed by atoms with E-state index < -0.39 is 0 Å². The van der Waals surface area contributed by atoms with Crippen molar-refractivity contribution < 1.29 is 18.7 Å². The number of carbonyl (C=O) groups excluding carboxylic acids is 1. The van der Waals surface area contributed by atoms with E-state index in [-0.39, 0.29) is 18.2 Å². The third-order valence-electron chi connectivity index (χ3n) is 3.47. The van der Waals surface area contributed by atoms with Crippen molar-refractivity contribution in [2.24, 2.45) is 0 Å². The van der Waals surface area contributed by atoms with E-state index in [9.17, 15) is 4.79 Å². The summed E-state index contributed by atoms with van der Waals surface area (Å²) in [5, 5.41) is 12.7. The zero-order valence-electron chi connectivity index (χ0n) is 14.0. The van der Waals surface area contributed by atoms with E-state index in [1.165, 1.54) is 11.3 Å². The van der Waals surface area contributed by atoms with Gasteiger partial charge in [0, 0.05) is 23.9 Å². The Labute approximate surface area is 148 Å². The molecule has 1 aromatic carbocycles. The first-order chi connectivity index (χ1) is 12.1. The van der Waals surface area contributed by atoms with Gasteiger partial charge in [-0.3, -0.25) is 4.79 Å². The number of aryl methyl sites for hydroxylation is 1. The van der Waals surface area contributed by atoms with Gasteiger partial charge in [0.25, 0.3) is 5.89 Å². The van der Waals surface area contributed by atoms with E-state index in [1.807, 2.05) is 18.4 Å². The average Bonchev–Trinajstić information content (AvgIpc) is 3.22. The second kappa shape index (κ2) is 7.35. The Morgan fingerprint density at radius 3 is 2.52 bits per heavy atom. The van der Waals surface area contributed by atoms with Crippen molar-refractivity contribution in [1.82, 2.24) is 10.2 Å². The number of hydrogen-bond donors (Lipinski definition) is 1. The Balaban J connectivity index is 1.69. The third-order valence-corrected chi connectivity index (χ3v) is 4.47. The van der Waals surface area contributed by atoms with E-state index in [1.54, 1.807) is 32.4 Å². The monoisotopic (exact) mass is 359 g/mol. The molecule has 0 bridgehead atoms. The second-order valence-corrected chi connectivity index (χ2v) is 6.18. The highest BCUT2D eigenvalue weighted by molar-refractivity contribution is 7.13. The summed E-state index contributed by atoms with van der Waals surface area (Å²) in [5.74, 6) is 1.59. The molecule has 1 amide bonds. The molecule has 7 nitrogen and oxygen atoms in total. The van der Waals surface area contributed by atoms with Crippen molar-refractivity contribution in [3.05, 3.63) is 41.1 Å². The van der Waals surface area contributed by atoms with Crippen LogP contribution in [0.15, 0.2) is 34.1 Å². The maximum absolute atomic E-state index is 12.2. The lowest BCUT2D eigenvalue weighted by Gasteiger charge is -2.09. The van der Waals surface area contributed by atoms with Gasteiger partial charge in [0.1, 0.15) is 17.9 Å². The largest absolute Gasteiger partial charge is 0.497 e. The summed E-state index contributed by atoms with van der Waals surface area (Å²) in [6.07, 6.45) is -0.0169. The summed E-state index contributed by atoms with van der Waals surface area (Å²) in [6, 6.07) is 7.11. The van der Waals surface area contributed by atoms with Crippen LogP contribution >= 0.6 is 11.3 Å². The molecular formula is C17H17N3O4S. The molecule has 0 atom stereocenters. The minimum Gasteiger partial charge on any atom is -0.497 e. The summed E-state index contributed by atoms with van der Waals surface area (Å²) in [7, 11) is 3.10. The Hall–Kier alpha value is -2.87. The van der Waals surface area contributed by atoms with E-state index in [0.717, 1.165) is 10.4 Å². The summed E-state index contributed by atoms with van der Waals surface area (Å²) in [5.41, 5.74) is 1.63. The van der Waals surface area contributed by atoms with Crippen molar-refractivity contribution in [3.63, 3.8) is 0 Å². The average molecular weight is 359 g/mol. The summed E-state index contributed by atoms with van der Waals surface area (Å²) >= 11 is 1.52. The topological polar surface area (TPSA) is 86.5 Å². The van der Waals surface area contributed by atoms with Crippen molar-refractivity contribution >= 4 is 22.9 Å². The number of thiophene rings is 1. The second-order valence-electron chi connectivity index (χ2n) is 5.26. The summed E-state index contributed by atoms with van der Waals surface area (Å²) in [4.78, 5) is 13.1. The smallest absolute Gasteiger partial charge is 0.258 e. The van der Waals surface area contributed by atoms with Gasteiger partial charge in [-0.2, -0.15) is 0 Å². The molecule has 1 N–H and O–H groups in total. The SMILES string of the molecule is COc1cc(NC(=O)Cc2nnc(-c3sccc3C)o2)cc(OC)c1. The van der Waals surface area contributed by atoms with E-state index in [0.29, 0.717) is 23.1 Å². The first-order valence-corrected chi connectivity index (χ1v) is 8.36. The lowest BCUT2D eigenvalue weighted by molar-refractivity contribution is -0.115. The zero-order chi connectivity index (χ0) is 17.8. The van der Waals surface area contributed by atoms with Crippen LogP contribution in [0.2, 0.25) is 0 Å². The number of aromatic nitrogens is 2. The lowest BCUT2D eigenvalue weighted by Crippen LogP contribution is -2.14. The van der Waals surface area contributed by atoms with Gasteiger partial charge in [0.2, 0.25) is 11.8 Å². The Morgan fingerprint density at radius 2 is 1.92 bits per heavy atom. The van der Waals surface area contributed by atoms with Crippen molar-refractivity contribution in [2.45, 2.75) is 13.3 Å². The Kier molecular flexibility index (Phi) is 4.99. The van der Waals surface area contributed by atoms with Gasteiger partial charge in [-0.25, -0.2) is 0 Å². The van der Waals surface area contributed by atoms with Crippen LogP contribution in [-0.4, -0.2) is 30.3 Å². The lowest BCUT2D eigenvalue weighted by atomic mass is 10.2. The van der Waals surface area contributed by atoms with Crippen molar-refractivity contribution in [2.75, 3.05) is 19.5 Å². The number of hydrogen-bond acceptors (Lipinski definition) is 7. The van der Waals surface area contributed by atoms with Crippen molar-refractivity contribution in [3.8, 4) is 22.3 Å². The van der Waals surface area contributed by atoms with Crippen LogP contribution in [0.4, 0.5) is 5.69 Å². The Morgan fingerprint density at radius 1 is 1.20 bits per heavy atom. The molecule has 8 heteroatoms. The standard InChI is InChI=1S/C17H17N3O4S/c1-10-4-5-25-16(10)17-20-19-15(24-17)9-14(21)18-11-6-12(22-2)8-13(7-11)23-3/h4-8H,9H2,1-3H3,(H,18,21). The van der Waals surface area contributed by atoms with E-state index in [2.05, 4.69) is 15.5 Å². The molecule has 0 saturated heterocycles. The molecule has 0 unspecified atom stereocenters. The third kappa shape index (κ3) is 3.97. The molecule has 0 radical (unpaired) electrons. The van der Waals surface area contributed by atoms with Gasteiger partial charge in [-0.15, -0.1) is 21.5 Å². The van der Waals surface area contributed by atoms with Crippen LogP contribution in [0.3, 0.4) is 0 Å². The minimum atomic E-state index is -0.270. The molecule has 3 aromatic rings. The fourth-order valence-corrected chi connectivity index (χ4v) is 3.08. The summed E-state index contributed by atoms with van der Waals surface area (Å²) in [6.45, 7) is 1.97. The number of methoxy groups -OCH3 is 2. The van der Waals surface area contributed by atoms with Crippen LogP contribution in [0.1, 0.15) is 11.5 Å². The summed E-state index contributed by atoms with van der Waals surface area (Å²) < 4.78 is 15.9. The molecule has 2 aromatic heterocycles. The van der Waals surface area contributed by atoms with Crippen LogP contribution in [-0.2, 0) is 11.2 Å². The normalized spacial score (nSPS) is 10.5. The number of amides is 1. The van der Waals surface area contributed by atoms with E-state index in [4.69, 9.17) is 13.9 Å². The zero-order valence-corrected chi connectivity index (χ0v) is 14.8. The van der Waals surface area contributed by atoms with Crippen LogP contribution < -0.4 is 14.8 Å². The highest BCUT2D eigenvalue weighted by atomic mass is 32.1. The fraction of sp³-hybridized carbons (Fsp3) is 0.235. The molecule has 0 fully saturated rings. The maximum atomic E-state index is 12.2. The van der Waals surface area contributed by atoms with Crippen LogP contribution in [0.5, 0.6) is 11.5 Å². The minimum absolute atomic E-state index is 0.0169. The Bertz CT molecular complexity index is 865. The number of anilines is 1. The quantitative estimate of drug-likeness (QED) is 0.727. The highest BCUT2D eigenvalue weighted by Crippen LogP contribution is 2.28. The number of ether oxygens (including phenoxy) is 2. The first kappa shape index (κ1) is 17.0. The fourth-order valence-electron chi connectivity index (χ4n) is 2.23. The number of benzene rings is 1. The molecule has 0 saturated carbocycles. The van der Waals surface area contributed by atoms with Gasteiger partial charge >= 0.3 is 0 Å². The van der Waals surface area contributed by atoms with Crippen molar-refractivity contribution in [1.29, 1.82) is 0 Å². The number of rotatable bonds is 6. The van der Waals surface area contributed by atoms with E-state index >= 15 is 0 Å². The maximum Gasteiger partial charge on any atom is 0.258 e. The van der Waals surface area contributed by atoms with Gasteiger partial charge < -0.3 is 19.2 Å². The molecule has 0 spiro atoms. The van der Waals surface area contributed by atoms with Crippen LogP contribution in [0, 0.1) is 6.92 Å². The van der Waals surface area contributed by atoms with Gasteiger partial charge in [-0.05, 0) is 23.9 Å².